The molecule has 2 amide bonds. The summed E-state index contributed by atoms with van der Waals surface area (Å²) in [5, 5.41) is 2.06. The second-order valence-corrected chi connectivity index (χ2v) is 11.4. The Hall–Kier alpha value is -3.33. The number of imide groups is 1. The number of hydrogen-bond acceptors (Lipinski definition) is 3. The van der Waals surface area contributed by atoms with Crippen molar-refractivity contribution in [1.29, 1.82) is 0 Å². The van der Waals surface area contributed by atoms with Gasteiger partial charge in [0.05, 0.1) is 24.4 Å². The van der Waals surface area contributed by atoms with E-state index in [-0.39, 0.29) is 11.8 Å². The average molecular weight is 453 g/mol. The van der Waals surface area contributed by atoms with Crippen molar-refractivity contribution in [3.8, 4) is 0 Å². The quantitative estimate of drug-likeness (QED) is 0.327. The molecular weight excluding hydrogens is 429 g/mol. The maximum absolute atomic E-state index is 13.3. The smallest absolute Gasteiger partial charge is 0.262 e. The monoisotopic (exact) mass is 453 g/mol. The molecule has 2 heterocycles. The highest BCUT2D eigenvalue weighted by Crippen LogP contribution is 2.79. The van der Waals surface area contributed by atoms with Crippen LogP contribution in [0, 0.1) is 6.04 Å². The number of benzene rings is 3. The summed E-state index contributed by atoms with van der Waals surface area (Å²) >= 11 is 0. The van der Waals surface area contributed by atoms with Crippen LogP contribution in [0.4, 0.5) is 0 Å². The zero-order valence-corrected chi connectivity index (χ0v) is 19.5. The van der Waals surface area contributed by atoms with Crippen molar-refractivity contribution in [2.24, 2.45) is 0 Å². The van der Waals surface area contributed by atoms with E-state index in [4.69, 9.17) is 4.52 Å². The van der Waals surface area contributed by atoms with Gasteiger partial charge in [-0.2, -0.15) is 0 Å². The number of nitrogens with zero attached hydrogens (tertiary/aromatic N) is 1. The van der Waals surface area contributed by atoms with Crippen molar-refractivity contribution in [1.82, 2.24) is 4.90 Å². The van der Waals surface area contributed by atoms with Crippen molar-refractivity contribution in [3.05, 3.63) is 125 Å². The van der Waals surface area contributed by atoms with Crippen LogP contribution >= 0.6 is 7.49 Å². The molecule has 0 fully saturated rings. The van der Waals surface area contributed by atoms with Crippen molar-refractivity contribution in [3.63, 3.8) is 0 Å². The molecule has 0 bridgehead atoms. The lowest BCUT2D eigenvalue weighted by Crippen LogP contribution is -2.33. The lowest BCUT2D eigenvalue weighted by molar-refractivity contribution is 0.0686. The molecule has 1 radical (unpaired) electrons. The van der Waals surface area contributed by atoms with Crippen LogP contribution in [0.5, 0.6) is 0 Å². The highest BCUT2D eigenvalue weighted by atomic mass is 31.2. The molecule has 2 aliphatic rings. The van der Waals surface area contributed by atoms with Crippen molar-refractivity contribution in [2.75, 3.05) is 13.3 Å². The third kappa shape index (κ3) is 3.38. The van der Waals surface area contributed by atoms with Gasteiger partial charge in [0.25, 0.3) is 11.8 Å². The lowest BCUT2D eigenvalue weighted by atomic mass is 10.1. The molecule has 33 heavy (non-hydrogen) atoms. The fourth-order valence-corrected chi connectivity index (χ4v) is 8.09. The topological polar surface area (TPSA) is 46.6 Å². The number of carbonyl (C=O) groups excluding carboxylic acids is 2. The first-order valence-electron chi connectivity index (χ1n) is 10.9. The first-order valence-corrected chi connectivity index (χ1v) is 12.8. The van der Waals surface area contributed by atoms with Crippen LogP contribution in [0.3, 0.4) is 0 Å². The zero-order chi connectivity index (χ0) is 23.0. The summed E-state index contributed by atoms with van der Waals surface area (Å²) in [6, 6.07) is 27.7. The van der Waals surface area contributed by atoms with Gasteiger partial charge < -0.3 is 0 Å². The Morgan fingerprint density at radius 3 is 1.52 bits per heavy atom. The third-order valence-corrected chi connectivity index (χ3v) is 10.1. The van der Waals surface area contributed by atoms with Gasteiger partial charge in [0.1, 0.15) is 16.7 Å². The van der Waals surface area contributed by atoms with Crippen LogP contribution in [0.15, 0.2) is 97.1 Å². The summed E-state index contributed by atoms with van der Waals surface area (Å²) in [7, 11) is -0.493. The Balaban J connectivity index is 1.72. The highest BCUT2D eigenvalue weighted by Gasteiger charge is 2.53. The van der Waals surface area contributed by atoms with Crippen LogP contribution < -0.4 is 0 Å². The first-order chi connectivity index (χ1) is 16.1. The Bertz CT molecular complexity index is 1180. The molecule has 0 N–H and O–H groups in total. The predicted molar refractivity (Wildman–Crippen MR) is 133 cm³/mol. The summed E-state index contributed by atoms with van der Waals surface area (Å²) in [4.78, 5) is 27.9. The number of fused-ring (bicyclic) bond motifs is 1. The Labute approximate surface area is 194 Å². The van der Waals surface area contributed by atoms with E-state index in [1.54, 1.807) is 31.4 Å². The normalized spacial score (nSPS) is 17.6. The van der Waals surface area contributed by atoms with E-state index >= 15 is 0 Å². The zero-order valence-electron chi connectivity index (χ0n) is 18.6. The van der Waals surface area contributed by atoms with E-state index in [1.807, 2.05) is 48.6 Å². The molecule has 5 rings (SSSR count). The number of carbonyl (C=O) groups is 2. The molecule has 3 aromatic carbocycles. The molecule has 5 heteroatoms. The number of hydrogen-bond donors (Lipinski definition) is 0. The van der Waals surface area contributed by atoms with Gasteiger partial charge in [0.15, 0.2) is 0 Å². The van der Waals surface area contributed by atoms with E-state index in [9.17, 15) is 9.59 Å². The van der Waals surface area contributed by atoms with Gasteiger partial charge in [0, 0.05) is 11.1 Å². The number of amides is 2. The molecule has 0 unspecified atom stereocenters. The minimum atomic E-state index is -2.25. The largest absolute Gasteiger partial charge is 0.269 e. The Morgan fingerprint density at radius 1 is 0.697 bits per heavy atom. The minimum Gasteiger partial charge on any atom is -0.269 e. The molecule has 0 aromatic heterocycles. The molecule has 0 saturated carbocycles. The van der Waals surface area contributed by atoms with Gasteiger partial charge in [-0.25, -0.2) is 4.52 Å². The molecule has 2 aliphatic heterocycles. The predicted octanol–water partition coefficient (Wildman–Crippen LogP) is 6.51. The maximum Gasteiger partial charge on any atom is 0.262 e. The summed E-state index contributed by atoms with van der Waals surface area (Å²) < 4.78 is 6.36. The molecule has 3 aromatic rings. The summed E-state index contributed by atoms with van der Waals surface area (Å²) in [5.41, 5.74) is 2.94. The van der Waals surface area contributed by atoms with E-state index in [1.165, 1.54) is 4.90 Å². The summed E-state index contributed by atoms with van der Waals surface area (Å²) in [5.74, 6) is -0.588. The Morgan fingerprint density at radius 2 is 1.12 bits per heavy atom. The van der Waals surface area contributed by atoms with Crippen LogP contribution in [0.1, 0.15) is 38.8 Å². The van der Waals surface area contributed by atoms with Gasteiger partial charge in [-0.3, -0.25) is 14.5 Å². The van der Waals surface area contributed by atoms with Gasteiger partial charge >= 0.3 is 0 Å². The van der Waals surface area contributed by atoms with E-state index in [2.05, 4.69) is 31.2 Å². The SMILES string of the molecule is CC[P+]1(OC)C(c2ccccc2)=C[C](N2C(=O)c3ccccc3C2=O)C=C1c1ccccc1. The molecule has 0 aliphatic carbocycles. The van der Waals surface area contributed by atoms with Crippen molar-refractivity contribution >= 4 is 29.9 Å². The standard InChI is InChI=1S/C28H24NO3P/c1-3-33(32-2)25(20-12-6-4-7-13-20)18-22(19-26(33)21-14-8-5-9-15-21)29-27(30)23-16-10-11-17-24(23)28(29)31/h4-19H,3H2,1-2H3/q+1. The molecule has 163 valence electrons. The molecular formula is C28H24NO3P+. The van der Waals surface area contributed by atoms with Gasteiger partial charge in [-0.15, -0.1) is 0 Å². The van der Waals surface area contributed by atoms with E-state index < -0.39 is 7.49 Å². The van der Waals surface area contributed by atoms with E-state index in [0.717, 1.165) is 27.9 Å². The molecule has 0 atom stereocenters. The van der Waals surface area contributed by atoms with Crippen LogP contribution in [0.25, 0.3) is 10.6 Å². The summed E-state index contributed by atoms with van der Waals surface area (Å²) in [6.45, 7) is 2.14. The van der Waals surface area contributed by atoms with Gasteiger partial charge in [-0.05, 0) is 31.2 Å². The molecule has 0 saturated heterocycles. The van der Waals surface area contributed by atoms with Crippen LogP contribution in [-0.4, -0.2) is 30.0 Å². The molecule has 0 spiro atoms. The first kappa shape index (κ1) is 21.5. The third-order valence-electron chi connectivity index (χ3n) is 6.30. The highest BCUT2D eigenvalue weighted by molar-refractivity contribution is 7.90. The fraction of sp³-hybridized carbons (Fsp3) is 0.107. The van der Waals surface area contributed by atoms with Crippen molar-refractivity contribution < 1.29 is 14.1 Å². The van der Waals surface area contributed by atoms with Crippen molar-refractivity contribution in [2.45, 2.75) is 6.92 Å². The lowest BCUT2D eigenvalue weighted by Gasteiger charge is -2.33. The van der Waals surface area contributed by atoms with Gasteiger partial charge in [0.2, 0.25) is 7.49 Å². The minimum absolute atomic E-state index is 0.294. The van der Waals surface area contributed by atoms with E-state index in [0.29, 0.717) is 17.2 Å². The van der Waals surface area contributed by atoms with Gasteiger partial charge in [-0.1, -0.05) is 72.8 Å². The van der Waals surface area contributed by atoms with Crippen LogP contribution in [-0.2, 0) is 4.52 Å². The second kappa shape index (κ2) is 8.55. The number of rotatable bonds is 5. The van der Waals surface area contributed by atoms with Crippen LogP contribution in [0.2, 0.25) is 0 Å². The fourth-order valence-electron chi connectivity index (χ4n) is 4.68. The molecule has 4 nitrogen and oxygen atoms in total. The maximum atomic E-state index is 13.3. The summed E-state index contributed by atoms with van der Waals surface area (Å²) in [6.07, 6.45) is 4.74. The second-order valence-electron chi connectivity index (χ2n) is 7.95. The Kier molecular flexibility index (Phi) is 5.57. The average Bonchev–Trinajstić information content (AvgIpc) is 3.14.